The summed E-state index contributed by atoms with van der Waals surface area (Å²) in [6.45, 7) is 9.74. The lowest BCUT2D eigenvalue weighted by Crippen LogP contribution is -2.50. The number of nitrogens with two attached hydrogens (primary N) is 1. The number of aromatic nitrogens is 2. The zero-order chi connectivity index (χ0) is 16.3. The van der Waals surface area contributed by atoms with E-state index < -0.39 is 5.60 Å². The SMILES string of the molecule is Cn1nc(CCN2CCN(C(=O)OC(C)(C)C)CC2)cc1N. The van der Waals surface area contributed by atoms with Crippen LogP contribution in [0.15, 0.2) is 6.07 Å². The van der Waals surface area contributed by atoms with Gasteiger partial charge in [-0.25, -0.2) is 4.79 Å². The van der Waals surface area contributed by atoms with Crippen molar-refractivity contribution >= 4 is 11.9 Å². The Bertz CT molecular complexity index is 493. The summed E-state index contributed by atoms with van der Waals surface area (Å²) < 4.78 is 7.09. The number of rotatable bonds is 3. The molecule has 2 N–H and O–H groups in total. The van der Waals surface area contributed by atoms with Gasteiger partial charge in [0.1, 0.15) is 11.4 Å². The number of hydrogen-bond donors (Lipinski definition) is 1. The molecule has 0 spiro atoms. The van der Waals surface area contributed by atoms with Gasteiger partial charge in [0.25, 0.3) is 0 Å². The van der Waals surface area contributed by atoms with Crippen molar-refractivity contribution < 1.29 is 9.53 Å². The number of carbonyl (C=O) groups is 1. The van der Waals surface area contributed by atoms with E-state index in [1.54, 1.807) is 9.58 Å². The number of hydrogen-bond acceptors (Lipinski definition) is 5. The van der Waals surface area contributed by atoms with Crippen LogP contribution in [0, 0.1) is 0 Å². The third-order valence-corrected chi connectivity index (χ3v) is 3.67. The fraction of sp³-hybridized carbons (Fsp3) is 0.733. The molecule has 2 heterocycles. The van der Waals surface area contributed by atoms with Crippen LogP contribution in [0.2, 0.25) is 0 Å². The molecule has 0 saturated carbocycles. The molecule has 1 amide bonds. The van der Waals surface area contributed by atoms with Gasteiger partial charge in [-0.05, 0) is 20.8 Å². The van der Waals surface area contributed by atoms with Gasteiger partial charge < -0.3 is 15.4 Å². The molecule has 1 aliphatic heterocycles. The summed E-state index contributed by atoms with van der Waals surface area (Å²) in [4.78, 5) is 16.1. The van der Waals surface area contributed by atoms with E-state index in [1.165, 1.54) is 0 Å². The molecule has 0 radical (unpaired) electrons. The van der Waals surface area contributed by atoms with Gasteiger partial charge in [-0.2, -0.15) is 5.10 Å². The topological polar surface area (TPSA) is 76.6 Å². The van der Waals surface area contributed by atoms with Gasteiger partial charge in [0.15, 0.2) is 0 Å². The number of piperazine rings is 1. The molecule has 2 rings (SSSR count). The van der Waals surface area contributed by atoms with Crippen LogP contribution in [0.1, 0.15) is 26.5 Å². The second-order valence-electron chi connectivity index (χ2n) is 6.74. The highest BCUT2D eigenvalue weighted by Gasteiger charge is 2.25. The molecule has 0 bridgehead atoms. The van der Waals surface area contributed by atoms with Crippen molar-refractivity contribution in [1.82, 2.24) is 19.6 Å². The van der Waals surface area contributed by atoms with Gasteiger partial charge in [-0.3, -0.25) is 9.58 Å². The lowest BCUT2D eigenvalue weighted by molar-refractivity contribution is 0.0146. The zero-order valence-electron chi connectivity index (χ0n) is 14.0. The van der Waals surface area contributed by atoms with Crippen LogP contribution in [-0.4, -0.2) is 64.0 Å². The average molecular weight is 309 g/mol. The Morgan fingerprint density at radius 2 is 1.95 bits per heavy atom. The number of ether oxygens (including phenoxy) is 1. The van der Waals surface area contributed by atoms with E-state index in [1.807, 2.05) is 33.9 Å². The fourth-order valence-electron chi connectivity index (χ4n) is 2.42. The lowest BCUT2D eigenvalue weighted by atomic mass is 10.2. The molecule has 0 aromatic carbocycles. The second kappa shape index (κ2) is 6.56. The Balaban J connectivity index is 1.74. The minimum absolute atomic E-state index is 0.218. The Hall–Kier alpha value is -1.76. The van der Waals surface area contributed by atoms with Crippen LogP contribution in [0.3, 0.4) is 0 Å². The molecule has 1 aliphatic rings. The lowest BCUT2D eigenvalue weighted by Gasteiger charge is -2.35. The van der Waals surface area contributed by atoms with Gasteiger partial charge in [0.2, 0.25) is 0 Å². The Morgan fingerprint density at radius 1 is 1.32 bits per heavy atom. The molecule has 0 aliphatic carbocycles. The summed E-state index contributed by atoms with van der Waals surface area (Å²) in [5, 5.41) is 4.36. The van der Waals surface area contributed by atoms with E-state index in [0.717, 1.165) is 31.7 Å². The zero-order valence-corrected chi connectivity index (χ0v) is 14.0. The van der Waals surface area contributed by atoms with Crippen molar-refractivity contribution in [2.45, 2.75) is 32.8 Å². The number of amides is 1. The van der Waals surface area contributed by atoms with E-state index in [-0.39, 0.29) is 6.09 Å². The van der Waals surface area contributed by atoms with Crippen LogP contribution >= 0.6 is 0 Å². The molecule has 22 heavy (non-hydrogen) atoms. The molecule has 7 heteroatoms. The van der Waals surface area contributed by atoms with Crippen molar-refractivity contribution in [3.05, 3.63) is 11.8 Å². The molecule has 124 valence electrons. The van der Waals surface area contributed by atoms with Gasteiger partial charge in [-0.1, -0.05) is 0 Å². The van der Waals surface area contributed by atoms with E-state index in [4.69, 9.17) is 10.5 Å². The number of anilines is 1. The second-order valence-corrected chi connectivity index (χ2v) is 6.74. The summed E-state index contributed by atoms with van der Waals surface area (Å²) in [5.74, 6) is 0.685. The molecule has 1 aromatic heterocycles. The monoisotopic (exact) mass is 309 g/mol. The Labute approximate surface area is 132 Å². The highest BCUT2D eigenvalue weighted by Crippen LogP contribution is 2.12. The van der Waals surface area contributed by atoms with E-state index in [9.17, 15) is 4.79 Å². The van der Waals surface area contributed by atoms with Crippen molar-refractivity contribution in [3.63, 3.8) is 0 Å². The molecule has 0 unspecified atom stereocenters. The van der Waals surface area contributed by atoms with Crippen molar-refractivity contribution in [2.75, 3.05) is 38.5 Å². The van der Waals surface area contributed by atoms with Gasteiger partial charge in [0, 0.05) is 52.3 Å². The van der Waals surface area contributed by atoms with Gasteiger partial charge in [0.05, 0.1) is 5.69 Å². The molecular weight excluding hydrogens is 282 g/mol. The maximum Gasteiger partial charge on any atom is 0.410 e. The molecule has 1 saturated heterocycles. The fourth-order valence-corrected chi connectivity index (χ4v) is 2.42. The highest BCUT2D eigenvalue weighted by molar-refractivity contribution is 5.68. The minimum atomic E-state index is -0.437. The first-order valence-corrected chi connectivity index (χ1v) is 7.73. The van der Waals surface area contributed by atoms with Crippen LogP contribution in [0.4, 0.5) is 10.6 Å². The molecule has 1 aromatic rings. The first-order valence-electron chi connectivity index (χ1n) is 7.73. The largest absolute Gasteiger partial charge is 0.444 e. The quantitative estimate of drug-likeness (QED) is 0.904. The summed E-state index contributed by atoms with van der Waals surface area (Å²) in [7, 11) is 1.85. The van der Waals surface area contributed by atoms with Gasteiger partial charge in [-0.15, -0.1) is 0 Å². The third kappa shape index (κ3) is 4.62. The first-order chi connectivity index (χ1) is 10.2. The minimum Gasteiger partial charge on any atom is -0.444 e. The number of carbonyl (C=O) groups excluding carboxylic acids is 1. The van der Waals surface area contributed by atoms with Crippen LogP contribution in [0.25, 0.3) is 0 Å². The smallest absolute Gasteiger partial charge is 0.410 e. The van der Waals surface area contributed by atoms with E-state index in [2.05, 4.69) is 10.00 Å². The maximum atomic E-state index is 12.0. The normalized spacial score (nSPS) is 16.8. The third-order valence-electron chi connectivity index (χ3n) is 3.67. The Kier molecular flexibility index (Phi) is 4.95. The van der Waals surface area contributed by atoms with E-state index >= 15 is 0 Å². The summed E-state index contributed by atoms with van der Waals surface area (Å²) in [5.41, 5.74) is 6.35. The first kappa shape index (κ1) is 16.6. The molecular formula is C15H27N5O2. The summed E-state index contributed by atoms with van der Waals surface area (Å²) in [6.07, 6.45) is 0.655. The summed E-state index contributed by atoms with van der Waals surface area (Å²) in [6, 6.07) is 1.91. The molecule has 0 atom stereocenters. The summed E-state index contributed by atoms with van der Waals surface area (Å²) >= 11 is 0. The molecule has 7 nitrogen and oxygen atoms in total. The number of aryl methyl sites for hydroxylation is 1. The average Bonchev–Trinajstić information content (AvgIpc) is 2.74. The van der Waals surface area contributed by atoms with Crippen LogP contribution in [0.5, 0.6) is 0 Å². The Morgan fingerprint density at radius 3 is 2.45 bits per heavy atom. The van der Waals surface area contributed by atoms with Crippen molar-refractivity contribution in [2.24, 2.45) is 7.05 Å². The predicted molar refractivity (Wildman–Crippen MR) is 85.6 cm³/mol. The predicted octanol–water partition coefficient (Wildman–Crippen LogP) is 1.10. The molecule has 1 fully saturated rings. The van der Waals surface area contributed by atoms with Crippen molar-refractivity contribution in [1.29, 1.82) is 0 Å². The van der Waals surface area contributed by atoms with E-state index in [0.29, 0.717) is 18.9 Å². The number of nitrogen functional groups attached to an aromatic ring is 1. The van der Waals surface area contributed by atoms with Crippen molar-refractivity contribution in [3.8, 4) is 0 Å². The van der Waals surface area contributed by atoms with Crippen LogP contribution < -0.4 is 5.73 Å². The number of nitrogens with zero attached hydrogens (tertiary/aromatic N) is 4. The van der Waals surface area contributed by atoms with Gasteiger partial charge >= 0.3 is 6.09 Å². The van der Waals surface area contributed by atoms with Crippen LogP contribution in [-0.2, 0) is 18.2 Å². The maximum absolute atomic E-state index is 12.0. The standard InChI is InChI=1S/C15H27N5O2/c1-15(2,3)22-14(21)20-9-7-19(8-10-20)6-5-12-11-13(16)18(4)17-12/h11H,5-10,16H2,1-4H3. The highest BCUT2D eigenvalue weighted by atomic mass is 16.6.